The van der Waals surface area contributed by atoms with Crippen molar-refractivity contribution in [2.24, 2.45) is 11.3 Å². The molecule has 2 N–H and O–H groups in total. The van der Waals surface area contributed by atoms with Gasteiger partial charge in [0.2, 0.25) is 0 Å². The highest BCUT2D eigenvalue weighted by atomic mass is 16.5. The molecule has 104 valence electrons. The summed E-state index contributed by atoms with van der Waals surface area (Å²) in [5.41, 5.74) is 0.179. The molecule has 0 spiro atoms. The Morgan fingerprint density at radius 2 is 2.00 bits per heavy atom. The maximum atomic E-state index is 11.6. The molecule has 0 bridgehead atoms. The van der Waals surface area contributed by atoms with E-state index in [4.69, 9.17) is 4.74 Å². The monoisotopic (exact) mass is 255 g/mol. The van der Waals surface area contributed by atoms with Crippen molar-refractivity contribution in [3.05, 3.63) is 0 Å². The molecule has 4 nitrogen and oxygen atoms in total. The van der Waals surface area contributed by atoms with Gasteiger partial charge in [-0.3, -0.25) is 4.79 Å². The van der Waals surface area contributed by atoms with E-state index >= 15 is 0 Å². The van der Waals surface area contributed by atoms with Gasteiger partial charge in [-0.2, -0.15) is 0 Å². The highest BCUT2D eigenvalue weighted by Crippen LogP contribution is 2.44. The average Bonchev–Trinajstić information content (AvgIpc) is 3.18. The number of carbonyl (C=O) groups excluding carboxylic acids is 1. The zero-order valence-electron chi connectivity index (χ0n) is 11.3. The van der Waals surface area contributed by atoms with Crippen LogP contribution in [0.4, 0.5) is 0 Å². The molecule has 18 heavy (non-hydrogen) atoms. The lowest BCUT2D eigenvalue weighted by Crippen LogP contribution is -2.39. The number of hydrogen-bond donors (Lipinski definition) is 2. The summed E-state index contributed by atoms with van der Waals surface area (Å²) in [6.07, 6.45) is 6.25. The third kappa shape index (κ3) is 3.45. The van der Waals surface area contributed by atoms with Crippen LogP contribution >= 0.6 is 0 Å². The van der Waals surface area contributed by atoms with Gasteiger partial charge in [0, 0.05) is 24.6 Å². The number of carbonyl (C=O) groups is 1. The fourth-order valence-electron chi connectivity index (χ4n) is 2.72. The normalized spacial score (nSPS) is 29.9. The van der Waals surface area contributed by atoms with E-state index in [1.807, 2.05) is 6.92 Å². The van der Waals surface area contributed by atoms with E-state index in [1.165, 1.54) is 0 Å². The van der Waals surface area contributed by atoms with Gasteiger partial charge < -0.3 is 15.2 Å². The number of esters is 1. The molecule has 2 saturated carbocycles. The Morgan fingerprint density at radius 3 is 2.50 bits per heavy atom. The number of aliphatic hydroxyl groups is 1. The van der Waals surface area contributed by atoms with E-state index in [0.29, 0.717) is 19.3 Å². The van der Waals surface area contributed by atoms with E-state index in [1.54, 1.807) is 0 Å². The molecule has 0 radical (unpaired) electrons. The summed E-state index contributed by atoms with van der Waals surface area (Å²) in [6.45, 7) is 3.57. The van der Waals surface area contributed by atoms with E-state index in [0.717, 1.165) is 45.1 Å². The van der Waals surface area contributed by atoms with Gasteiger partial charge in [-0.15, -0.1) is 0 Å². The molecule has 0 atom stereocenters. The molecule has 4 heteroatoms. The Labute approximate surface area is 109 Å². The zero-order chi connectivity index (χ0) is 13.0. The molecular formula is C14H25NO3. The van der Waals surface area contributed by atoms with Crippen LogP contribution in [-0.4, -0.2) is 36.9 Å². The molecule has 2 rings (SSSR count). The van der Waals surface area contributed by atoms with Crippen LogP contribution in [0.5, 0.6) is 0 Å². The molecule has 0 saturated heterocycles. The van der Waals surface area contributed by atoms with Crippen LogP contribution in [-0.2, 0) is 9.53 Å². The summed E-state index contributed by atoms with van der Waals surface area (Å²) in [5, 5.41) is 12.8. The van der Waals surface area contributed by atoms with Crippen molar-refractivity contribution in [2.75, 3.05) is 19.8 Å². The lowest BCUT2D eigenvalue weighted by Gasteiger charge is -2.29. The van der Waals surface area contributed by atoms with Crippen molar-refractivity contribution in [3.8, 4) is 0 Å². The molecule has 2 aliphatic carbocycles. The summed E-state index contributed by atoms with van der Waals surface area (Å²) in [4.78, 5) is 11.6. The highest BCUT2D eigenvalue weighted by Gasteiger charge is 2.42. The van der Waals surface area contributed by atoms with Crippen molar-refractivity contribution in [1.29, 1.82) is 0 Å². The summed E-state index contributed by atoms with van der Waals surface area (Å²) in [5.74, 6) is 0.0840. The van der Waals surface area contributed by atoms with Gasteiger partial charge in [-0.1, -0.05) is 0 Å². The van der Waals surface area contributed by atoms with E-state index < -0.39 is 0 Å². The SMILES string of the molecule is CCOC(=O)C1CCC(NCC2(CO)CC2)CC1. The van der Waals surface area contributed by atoms with Crippen LogP contribution in [0.25, 0.3) is 0 Å². The Hall–Kier alpha value is -0.610. The Bertz CT molecular complexity index is 281. The second-order valence-electron chi connectivity index (χ2n) is 5.84. The smallest absolute Gasteiger partial charge is 0.308 e. The molecule has 0 unspecified atom stereocenters. The highest BCUT2D eigenvalue weighted by molar-refractivity contribution is 5.72. The standard InChI is InChI=1S/C14H25NO3/c1-2-18-13(17)11-3-5-12(6-4-11)15-9-14(10-16)7-8-14/h11-12,15-16H,2-10H2,1H3. The van der Waals surface area contributed by atoms with Gasteiger partial charge in [-0.25, -0.2) is 0 Å². The maximum absolute atomic E-state index is 11.6. The largest absolute Gasteiger partial charge is 0.466 e. The molecule has 0 aromatic heterocycles. The van der Waals surface area contributed by atoms with Crippen molar-refractivity contribution in [2.45, 2.75) is 51.5 Å². The first kappa shape index (κ1) is 13.8. The van der Waals surface area contributed by atoms with Gasteiger partial charge in [-0.05, 0) is 45.4 Å². The topological polar surface area (TPSA) is 58.6 Å². The molecule has 0 aromatic carbocycles. The first-order valence-electron chi connectivity index (χ1n) is 7.20. The van der Waals surface area contributed by atoms with Crippen molar-refractivity contribution < 1.29 is 14.6 Å². The predicted octanol–water partition coefficient (Wildman–Crippen LogP) is 1.47. The summed E-state index contributed by atoms with van der Waals surface area (Å²) < 4.78 is 5.07. The Kier molecular flexibility index (Phi) is 4.62. The van der Waals surface area contributed by atoms with Gasteiger partial charge in [0.25, 0.3) is 0 Å². The fourth-order valence-corrected chi connectivity index (χ4v) is 2.72. The minimum Gasteiger partial charge on any atom is -0.466 e. The van der Waals surface area contributed by atoms with Gasteiger partial charge in [0.05, 0.1) is 12.5 Å². The van der Waals surface area contributed by atoms with E-state index in [2.05, 4.69) is 5.32 Å². The van der Waals surface area contributed by atoms with Gasteiger partial charge in [0.15, 0.2) is 0 Å². The second kappa shape index (κ2) is 6.02. The van der Waals surface area contributed by atoms with Crippen LogP contribution in [0.1, 0.15) is 45.4 Å². The fraction of sp³-hybridized carbons (Fsp3) is 0.929. The van der Waals surface area contributed by atoms with Gasteiger partial charge >= 0.3 is 5.97 Å². The third-order valence-electron chi connectivity index (χ3n) is 4.41. The van der Waals surface area contributed by atoms with Crippen LogP contribution in [0.2, 0.25) is 0 Å². The average molecular weight is 255 g/mol. The van der Waals surface area contributed by atoms with Crippen LogP contribution in [0.3, 0.4) is 0 Å². The van der Waals surface area contributed by atoms with Crippen molar-refractivity contribution in [3.63, 3.8) is 0 Å². The maximum Gasteiger partial charge on any atom is 0.308 e. The number of aliphatic hydroxyl groups excluding tert-OH is 1. The quantitative estimate of drug-likeness (QED) is 0.706. The number of nitrogens with one attached hydrogen (secondary N) is 1. The molecule has 2 aliphatic rings. The lowest BCUT2D eigenvalue weighted by atomic mass is 9.86. The predicted molar refractivity (Wildman–Crippen MR) is 69.1 cm³/mol. The summed E-state index contributed by atoms with van der Waals surface area (Å²) >= 11 is 0. The molecule has 2 fully saturated rings. The molecule has 0 heterocycles. The minimum absolute atomic E-state index is 0.0232. The van der Waals surface area contributed by atoms with Crippen molar-refractivity contribution >= 4 is 5.97 Å². The van der Waals surface area contributed by atoms with Crippen LogP contribution in [0, 0.1) is 11.3 Å². The molecule has 0 aliphatic heterocycles. The Morgan fingerprint density at radius 1 is 1.33 bits per heavy atom. The van der Waals surface area contributed by atoms with Crippen LogP contribution < -0.4 is 5.32 Å². The van der Waals surface area contributed by atoms with Gasteiger partial charge in [0.1, 0.15) is 0 Å². The molecule has 0 aromatic rings. The second-order valence-corrected chi connectivity index (χ2v) is 5.84. The minimum atomic E-state index is -0.0232. The third-order valence-corrected chi connectivity index (χ3v) is 4.41. The number of rotatable bonds is 6. The van der Waals surface area contributed by atoms with Crippen molar-refractivity contribution in [1.82, 2.24) is 5.32 Å². The summed E-state index contributed by atoms with van der Waals surface area (Å²) in [7, 11) is 0. The zero-order valence-corrected chi connectivity index (χ0v) is 11.3. The van der Waals surface area contributed by atoms with E-state index in [-0.39, 0.29) is 17.3 Å². The summed E-state index contributed by atoms with van der Waals surface area (Å²) in [6, 6.07) is 0.514. The number of ether oxygens (including phenoxy) is 1. The van der Waals surface area contributed by atoms with Crippen LogP contribution in [0.15, 0.2) is 0 Å². The lowest BCUT2D eigenvalue weighted by molar-refractivity contribution is -0.149. The Balaban J connectivity index is 1.65. The number of hydrogen-bond acceptors (Lipinski definition) is 4. The first-order chi connectivity index (χ1) is 8.69. The molecular weight excluding hydrogens is 230 g/mol. The van der Waals surface area contributed by atoms with E-state index in [9.17, 15) is 9.90 Å². The molecule has 0 amide bonds. The first-order valence-corrected chi connectivity index (χ1v) is 7.20.